The van der Waals surface area contributed by atoms with Gasteiger partial charge >= 0.3 is 13.8 Å². The van der Waals surface area contributed by atoms with Gasteiger partial charge in [-0.1, -0.05) is 69.8 Å². The molecule has 0 bridgehead atoms. The SMILES string of the molecule is CCCCCC/C=C\C/C=C\CCCCCCCC(=O)OC[C@@H](O)COP(=O)(O)O[C@@H]1C(O[C@@H]2OC(CO[C@@H]3OC(CO[C@@H]4OC(CO[C@@H]5OC(CO[C@@H]6OC(CO)[C@H](O)C(O)[C@@H]6O)[C@H](O)C(O)[C@@H]5O)[C@H](O)C(O)[C@@H]4O)[C@H](O)C(O)[C@@H]3O)[C@H](O)C(O)[C@@H]2O)C(O)[C@@H](O)C(O)[C@H]1O[C@H]1OC(CO)[C@@H](O)C(O)[C@H]1O. The quantitative estimate of drug-likeness (QED) is 0.0117. The zero-order valence-corrected chi connectivity index (χ0v) is 59.5. The van der Waals surface area contributed by atoms with Crippen LogP contribution in [0, 0.1) is 0 Å². The molecule has 38 atom stereocenters. The van der Waals surface area contributed by atoms with Gasteiger partial charge in [-0.25, -0.2) is 4.57 Å². The van der Waals surface area contributed by atoms with E-state index in [2.05, 4.69) is 31.2 Å². The summed E-state index contributed by atoms with van der Waals surface area (Å²) < 4.78 is 96.2. The van der Waals surface area contributed by atoms with Crippen LogP contribution in [0.25, 0.3) is 0 Å². The molecule has 6 aliphatic heterocycles. The molecule has 16 unspecified atom stereocenters. The normalized spacial score (nSPS) is 43.9. The minimum Gasteiger partial charge on any atom is -0.463 e. The Morgan fingerprint density at radius 3 is 1.06 bits per heavy atom. The zero-order chi connectivity index (χ0) is 78.7. The van der Waals surface area contributed by atoms with E-state index in [1.807, 2.05) is 0 Å². The van der Waals surface area contributed by atoms with E-state index < -0.39 is 294 Å². The molecule has 0 spiro atoms. The first kappa shape index (κ1) is 91.8. The Balaban J connectivity index is 0.945. The summed E-state index contributed by atoms with van der Waals surface area (Å²) in [6.07, 6.45) is -56.6. The van der Waals surface area contributed by atoms with Gasteiger partial charge in [-0.2, -0.15) is 0 Å². The maximum atomic E-state index is 13.9. The number of aliphatic hydroxyl groups is 24. The summed E-state index contributed by atoms with van der Waals surface area (Å²) in [4.78, 5) is 23.7. The van der Waals surface area contributed by atoms with E-state index in [1.54, 1.807) is 0 Å². The summed E-state index contributed by atoms with van der Waals surface area (Å²) in [6.45, 7) is -5.18. The monoisotopic (exact) mass is 1580 g/mol. The Hall–Kier alpha value is -2.38. The van der Waals surface area contributed by atoms with Crippen molar-refractivity contribution in [1.29, 1.82) is 0 Å². The maximum Gasteiger partial charge on any atom is 0.472 e. The number of phosphoric ester groups is 1. The summed E-state index contributed by atoms with van der Waals surface area (Å²) >= 11 is 0. The number of carbonyl (C=O) groups is 1. The molecular formula is C64H111O42P. The summed E-state index contributed by atoms with van der Waals surface area (Å²) in [5, 5.41) is 258. The van der Waals surface area contributed by atoms with E-state index in [0.29, 0.717) is 12.8 Å². The minimum atomic E-state index is -5.76. The molecule has 1 saturated carbocycles. The predicted molar refractivity (Wildman–Crippen MR) is 347 cm³/mol. The second-order valence-corrected chi connectivity index (χ2v) is 28.9. The van der Waals surface area contributed by atoms with E-state index in [-0.39, 0.29) is 6.42 Å². The Bertz CT molecular complexity index is 2660. The Morgan fingerprint density at radius 1 is 0.374 bits per heavy atom. The van der Waals surface area contributed by atoms with Crippen LogP contribution in [-0.2, 0) is 80.0 Å². The van der Waals surface area contributed by atoms with E-state index in [1.165, 1.54) is 25.7 Å². The van der Waals surface area contributed by atoms with Crippen molar-refractivity contribution >= 4 is 13.8 Å². The highest BCUT2D eigenvalue weighted by Gasteiger charge is 2.59. The molecule has 1 aliphatic carbocycles. The zero-order valence-electron chi connectivity index (χ0n) is 58.6. The van der Waals surface area contributed by atoms with E-state index >= 15 is 0 Å². The molecule has 0 aromatic carbocycles. The lowest BCUT2D eigenvalue weighted by Gasteiger charge is -2.49. The number of rotatable bonds is 40. The molecule has 107 heavy (non-hydrogen) atoms. The van der Waals surface area contributed by atoms with Crippen LogP contribution in [0.15, 0.2) is 24.3 Å². The number of unbranched alkanes of at least 4 members (excludes halogenated alkanes) is 9. The molecule has 0 radical (unpaired) electrons. The second-order valence-electron chi connectivity index (χ2n) is 27.5. The van der Waals surface area contributed by atoms with Crippen LogP contribution in [0.1, 0.15) is 90.4 Å². The second kappa shape index (κ2) is 43.9. The molecule has 0 aromatic heterocycles. The van der Waals surface area contributed by atoms with Crippen LogP contribution in [-0.4, -0.2) is 413 Å². The van der Waals surface area contributed by atoms with Crippen molar-refractivity contribution in [3.05, 3.63) is 24.3 Å². The van der Waals surface area contributed by atoms with Crippen LogP contribution < -0.4 is 0 Å². The molecule has 0 amide bonds. The number of hydrogen-bond donors (Lipinski definition) is 25. The van der Waals surface area contributed by atoms with Gasteiger partial charge in [-0.3, -0.25) is 13.8 Å². The molecule has 6 heterocycles. The van der Waals surface area contributed by atoms with Gasteiger partial charge in [-0.05, 0) is 38.5 Å². The van der Waals surface area contributed by atoms with Crippen LogP contribution in [0.3, 0.4) is 0 Å². The minimum absolute atomic E-state index is 0.0274. The van der Waals surface area contributed by atoms with Gasteiger partial charge in [0, 0.05) is 6.42 Å². The highest BCUT2D eigenvalue weighted by atomic mass is 31.2. The van der Waals surface area contributed by atoms with Gasteiger partial charge in [0.25, 0.3) is 0 Å². The van der Waals surface area contributed by atoms with Crippen molar-refractivity contribution in [2.75, 3.05) is 52.9 Å². The van der Waals surface area contributed by atoms with Gasteiger partial charge < -0.3 is 189 Å². The average molecular weight is 1580 g/mol. The highest BCUT2D eigenvalue weighted by molar-refractivity contribution is 7.47. The first-order valence-corrected chi connectivity index (χ1v) is 37.3. The van der Waals surface area contributed by atoms with E-state index in [4.69, 9.17) is 70.6 Å². The predicted octanol–water partition coefficient (Wildman–Crippen LogP) is -10.6. The lowest BCUT2D eigenvalue weighted by molar-refractivity contribution is -0.365. The fraction of sp³-hybridized carbons (Fsp3) is 0.922. The fourth-order valence-corrected chi connectivity index (χ4v) is 13.7. The first-order valence-electron chi connectivity index (χ1n) is 35.8. The van der Waals surface area contributed by atoms with Crippen LogP contribution in [0.4, 0.5) is 0 Å². The third-order valence-corrected chi connectivity index (χ3v) is 20.4. The number of esters is 1. The molecule has 624 valence electrons. The van der Waals surface area contributed by atoms with Gasteiger partial charge in [0.2, 0.25) is 0 Å². The van der Waals surface area contributed by atoms with Crippen molar-refractivity contribution in [3.8, 4) is 0 Å². The molecular weight excluding hydrogens is 1470 g/mol. The van der Waals surface area contributed by atoms with Crippen molar-refractivity contribution < 1.29 is 207 Å². The number of carbonyl (C=O) groups excluding carboxylic acids is 1. The average Bonchev–Trinajstić information content (AvgIpc) is 0.761. The van der Waals surface area contributed by atoms with Crippen molar-refractivity contribution in [2.24, 2.45) is 0 Å². The van der Waals surface area contributed by atoms with Gasteiger partial charge in [-0.15, -0.1) is 0 Å². The fourth-order valence-electron chi connectivity index (χ4n) is 12.7. The number of ether oxygens (including phenoxy) is 13. The third kappa shape index (κ3) is 24.8. The molecule has 7 rings (SSSR count). The third-order valence-electron chi connectivity index (χ3n) is 19.4. The molecule has 0 aromatic rings. The molecule has 25 N–H and O–H groups in total. The van der Waals surface area contributed by atoms with E-state index in [0.717, 1.165) is 38.5 Å². The van der Waals surface area contributed by atoms with Crippen LogP contribution >= 0.6 is 7.82 Å². The first-order chi connectivity index (χ1) is 50.8. The van der Waals surface area contributed by atoms with Gasteiger partial charge in [0.05, 0.1) is 46.2 Å². The highest BCUT2D eigenvalue weighted by Crippen LogP contribution is 2.49. The number of hydrogen-bond acceptors (Lipinski definition) is 41. The van der Waals surface area contributed by atoms with Gasteiger partial charge in [0.1, 0.15) is 196 Å². The van der Waals surface area contributed by atoms with Crippen molar-refractivity contribution in [3.63, 3.8) is 0 Å². The molecule has 6 saturated heterocycles. The summed E-state index contributed by atoms with van der Waals surface area (Å²) in [6, 6.07) is 0. The maximum absolute atomic E-state index is 13.9. The largest absolute Gasteiger partial charge is 0.472 e. The Morgan fingerprint density at radius 2 is 0.682 bits per heavy atom. The standard InChI is InChI=1S/C64H111O42P/c1-2-3-4-5-6-7-8-9-10-11-12-13-14-15-16-17-18-34(68)92-21-27(67)22-97-107(90,91)106-58-56(104-63-54(88)42(76)36(70)29(20-66)99-63)48(82)47(81)49(83)57(58)105-64-55(89)46(80)40(74)33(103-64)26-96-62-53(87)45(79)39(73)32(102-62)25-95-61-52(86)44(78)38(72)31(101-61)24-94-60-51(85)43(77)37(71)30(100-60)23-93-59-50(84)41(75)35(69)28(19-65)98-59/h7-8,10-11,27-33,35-67,69-89H,2-6,9,12-26H2,1H3,(H,90,91)/b8-7-,11-10-/t27-,28?,29?,30?,31?,32?,33?,35+,36-,37+,38+,39+,40+,41?,42?,43?,44?,45?,46?,47+,48?,49?,50+,51+,52+,53+,54-,55+,56-,57?,58+,59-,60-,61-,62-,63-,64+/m1/s1. The number of phosphoric acid groups is 1. The van der Waals surface area contributed by atoms with Crippen molar-refractivity contribution in [2.45, 2.75) is 317 Å². The molecule has 7 fully saturated rings. The lowest BCUT2D eigenvalue weighted by Crippen LogP contribution is -2.69. The molecule has 43 heteroatoms. The molecule has 42 nitrogen and oxygen atoms in total. The summed E-state index contributed by atoms with van der Waals surface area (Å²) in [5.41, 5.74) is 0. The summed E-state index contributed by atoms with van der Waals surface area (Å²) in [7, 11) is -5.76. The van der Waals surface area contributed by atoms with Crippen molar-refractivity contribution in [1.82, 2.24) is 0 Å². The Labute approximate surface area is 614 Å². The topological polar surface area (TPSA) is 678 Å². The molecule has 7 aliphatic rings. The Kier molecular flexibility index (Phi) is 37.7. The lowest BCUT2D eigenvalue weighted by atomic mass is 9.84. The summed E-state index contributed by atoms with van der Waals surface area (Å²) in [5.74, 6) is -0.717. The number of allylic oxidation sites excluding steroid dienone is 4. The van der Waals surface area contributed by atoms with Gasteiger partial charge in [0.15, 0.2) is 37.7 Å². The van der Waals surface area contributed by atoms with Crippen LogP contribution in [0.2, 0.25) is 0 Å². The number of aliphatic hydroxyl groups excluding tert-OH is 24. The smallest absolute Gasteiger partial charge is 0.463 e. The van der Waals surface area contributed by atoms with Crippen LogP contribution in [0.5, 0.6) is 0 Å². The van der Waals surface area contributed by atoms with E-state index in [9.17, 15) is 137 Å².